The second kappa shape index (κ2) is 6.45. The van der Waals surface area contributed by atoms with Crippen molar-refractivity contribution in [3.05, 3.63) is 47.7 Å². The van der Waals surface area contributed by atoms with Gasteiger partial charge in [0, 0.05) is 0 Å². The molecule has 0 bridgehead atoms. The van der Waals surface area contributed by atoms with E-state index in [2.05, 4.69) is 29.3 Å². The zero-order valence-electron chi connectivity index (χ0n) is 9.93. The minimum absolute atomic E-state index is 0.697. The lowest BCUT2D eigenvalue weighted by Crippen LogP contribution is -1.87. The first-order valence-corrected chi connectivity index (χ1v) is 6.97. The smallest absolute Gasteiger partial charge is 0.226 e. The molecule has 1 aromatic heterocycles. The van der Waals surface area contributed by atoms with Gasteiger partial charge in [-0.2, -0.15) is 11.8 Å². The van der Waals surface area contributed by atoms with Crippen molar-refractivity contribution in [2.24, 2.45) is 0 Å². The summed E-state index contributed by atoms with van der Waals surface area (Å²) >= 11 is 1.83. The molecule has 0 fully saturated rings. The third-order valence-corrected chi connectivity index (χ3v) is 3.43. The van der Waals surface area contributed by atoms with Crippen LogP contribution in [0.25, 0.3) is 0 Å². The van der Waals surface area contributed by atoms with Crippen LogP contribution in [0.15, 0.2) is 34.7 Å². The lowest BCUT2D eigenvalue weighted by atomic mass is 10.2. The number of nitrogens with zero attached hydrogens (tertiary/aromatic N) is 2. The Bertz CT molecular complexity index is 442. The van der Waals surface area contributed by atoms with Crippen LogP contribution in [0.4, 0.5) is 0 Å². The maximum Gasteiger partial charge on any atom is 0.226 e. The van der Waals surface area contributed by atoms with Gasteiger partial charge in [-0.1, -0.05) is 37.3 Å². The van der Waals surface area contributed by atoms with Gasteiger partial charge in [-0.15, -0.1) is 10.2 Å². The Kier molecular flexibility index (Phi) is 4.62. The molecule has 0 radical (unpaired) electrons. The average molecular weight is 248 g/mol. The van der Waals surface area contributed by atoms with Crippen molar-refractivity contribution in [2.75, 3.05) is 5.75 Å². The van der Waals surface area contributed by atoms with Gasteiger partial charge < -0.3 is 4.42 Å². The monoisotopic (exact) mass is 248 g/mol. The van der Waals surface area contributed by atoms with Crippen LogP contribution < -0.4 is 0 Å². The van der Waals surface area contributed by atoms with E-state index >= 15 is 0 Å². The van der Waals surface area contributed by atoms with Gasteiger partial charge >= 0.3 is 0 Å². The first kappa shape index (κ1) is 12.2. The Morgan fingerprint density at radius 3 is 2.65 bits per heavy atom. The van der Waals surface area contributed by atoms with Crippen LogP contribution in [0.1, 0.15) is 30.7 Å². The van der Waals surface area contributed by atoms with Crippen LogP contribution >= 0.6 is 11.8 Å². The number of benzene rings is 1. The summed E-state index contributed by atoms with van der Waals surface area (Å²) < 4.78 is 5.59. The van der Waals surface area contributed by atoms with Gasteiger partial charge in [0.1, 0.15) is 0 Å². The zero-order chi connectivity index (χ0) is 11.9. The molecule has 0 spiro atoms. The molecule has 2 rings (SSSR count). The van der Waals surface area contributed by atoms with Gasteiger partial charge in [0.05, 0.1) is 12.2 Å². The molecular weight excluding hydrogens is 232 g/mol. The van der Waals surface area contributed by atoms with Crippen LogP contribution in [0.5, 0.6) is 0 Å². The second-order valence-corrected chi connectivity index (χ2v) is 4.91. The van der Waals surface area contributed by atoms with E-state index in [1.54, 1.807) is 0 Å². The molecule has 0 saturated carbocycles. The summed E-state index contributed by atoms with van der Waals surface area (Å²) in [7, 11) is 0. The highest BCUT2D eigenvalue weighted by atomic mass is 32.2. The number of thioether (sulfide) groups is 1. The standard InChI is InChI=1S/C13H16N2OS/c1-2-8-17-10-13-15-14-12(16-13)9-11-6-4-3-5-7-11/h3-7H,2,8-10H2,1H3. The molecule has 0 amide bonds. The van der Waals surface area contributed by atoms with Crippen LogP contribution in [0.3, 0.4) is 0 Å². The molecule has 3 nitrogen and oxygen atoms in total. The maximum atomic E-state index is 5.59. The largest absolute Gasteiger partial charge is 0.424 e. The molecule has 0 saturated heterocycles. The van der Waals surface area contributed by atoms with E-state index in [0.717, 1.165) is 17.4 Å². The fraction of sp³-hybridized carbons (Fsp3) is 0.385. The first-order valence-electron chi connectivity index (χ1n) is 5.81. The second-order valence-electron chi connectivity index (χ2n) is 3.80. The normalized spacial score (nSPS) is 10.6. The quantitative estimate of drug-likeness (QED) is 0.735. The van der Waals surface area contributed by atoms with E-state index < -0.39 is 0 Å². The number of hydrogen-bond donors (Lipinski definition) is 0. The first-order chi connectivity index (χ1) is 8.38. The molecule has 17 heavy (non-hydrogen) atoms. The van der Waals surface area contributed by atoms with E-state index in [1.165, 1.54) is 12.0 Å². The highest BCUT2D eigenvalue weighted by Gasteiger charge is 2.06. The fourth-order valence-electron chi connectivity index (χ4n) is 1.49. The highest BCUT2D eigenvalue weighted by molar-refractivity contribution is 7.98. The topological polar surface area (TPSA) is 38.9 Å². The molecule has 90 valence electrons. The van der Waals surface area contributed by atoms with E-state index in [1.807, 2.05) is 30.0 Å². The summed E-state index contributed by atoms with van der Waals surface area (Å²) in [5.41, 5.74) is 1.20. The van der Waals surface area contributed by atoms with Crippen LogP contribution in [0, 0.1) is 0 Å². The predicted molar refractivity (Wildman–Crippen MR) is 70.0 cm³/mol. The van der Waals surface area contributed by atoms with E-state index in [9.17, 15) is 0 Å². The zero-order valence-corrected chi connectivity index (χ0v) is 10.7. The van der Waals surface area contributed by atoms with Gasteiger partial charge in [0.15, 0.2) is 0 Å². The third-order valence-electron chi connectivity index (χ3n) is 2.28. The summed E-state index contributed by atoms with van der Waals surface area (Å²) in [4.78, 5) is 0. The number of aromatic nitrogens is 2. The van der Waals surface area contributed by atoms with Crippen LogP contribution in [-0.4, -0.2) is 16.0 Å². The molecule has 1 aromatic carbocycles. The molecule has 0 aliphatic heterocycles. The SMILES string of the molecule is CCCSCc1nnc(Cc2ccccc2)o1. The van der Waals surface area contributed by atoms with Crippen LogP contribution in [0.2, 0.25) is 0 Å². The van der Waals surface area contributed by atoms with E-state index in [0.29, 0.717) is 12.3 Å². The van der Waals surface area contributed by atoms with Crippen molar-refractivity contribution in [1.29, 1.82) is 0 Å². The molecule has 0 aliphatic rings. The molecule has 1 heterocycles. The molecule has 0 atom stereocenters. The third kappa shape index (κ3) is 3.89. The van der Waals surface area contributed by atoms with Crippen molar-refractivity contribution >= 4 is 11.8 Å². The molecule has 0 unspecified atom stereocenters. The fourth-order valence-corrected chi connectivity index (χ4v) is 2.22. The summed E-state index contributed by atoms with van der Waals surface area (Å²) in [6.07, 6.45) is 1.89. The summed E-state index contributed by atoms with van der Waals surface area (Å²) in [6.45, 7) is 2.17. The van der Waals surface area contributed by atoms with Crippen molar-refractivity contribution in [1.82, 2.24) is 10.2 Å². The van der Waals surface area contributed by atoms with Crippen molar-refractivity contribution in [2.45, 2.75) is 25.5 Å². The maximum absolute atomic E-state index is 5.59. The lowest BCUT2D eigenvalue weighted by Gasteiger charge is -1.95. The predicted octanol–water partition coefficient (Wildman–Crippen LogP) is 3.30. The van der Waals surface area contributed by atoms with Gasteiger partial charge in [-0.05, 0) is 17.7 Å². The highest BCUT2D eigenvalue weighted by Crippen LogP contribution is 2.13. The number of rotatable bonds is 6. The number of hydrogen-bond acceptors (Lipinski definition) is 4. The molecule has 0 N–H and O–H groups in total. The van der Waals surface area contributed by atoms with Crippen LogP contribution in [-0.2, 0) is 12.2 Å². The van der Waals surface area contributed by atoms with Crippen molar-refractivity contribution in [3.63, 3.8) is 0 Å². The minimum Gasteiger partial charge on any atom is -0.424 e. The van der Waals surface area contributed by atoms with E-state index in [-0.39, 0.29) is 0 Å². The Morgan fingerprint density at radius 1 is 1.12 bits per heavy atom. The molecule has 0 aliphatic carbocycles. The molecule has 4 heteroatoms. The van der Waals surface area contributed by atoms with Gasteiger partial charge in [0.25, 0.3) is 0 Å². The van der Waals surface area contributed by atoms with Crippen molar-refractivity contribution in [3.8, 4) is 0 Å². The Hall–Kier alpha value is -1.29. The summed E-state index contributed by atoms with van der Waals surface area (Å²) in [5, 5.41) is 8.11. The summed E-state index contributed by atoms with van der Waals surface area (Å²) in [6, 6.07) is 10.2. The minimum atomic E-state index is 0.697. The molecular formula is C13H16N2OS. The Labute approximate surface area is 106 Å². The lowest BCUT2D eigenvalue weighted by molar-refractivity contribution is 0.474. The summed E-state index contributed by atoms with van der Waals surface area (Å²) in [5.74, 6) is 3.38. The average Bonchev–Trinajstić information content (AvgIpc) is 2.79. The van der Waals surface area contributed by atoms with Gasteiger partial charge in [-0.25, -0.2) is 0 Å². The van der Waals surface area contributed by atoms with Gasteiger partial charge in [0.2, 0.25) is 11.8 Å². The Morgan fingerprint density at radius 2 is 1.88 bits per heavy atom. The van der Waals surface area contributed by atoms with E-state index in [4.69, 9.17) is 4.42 Å². The Balaban J connectivity index is 1.90. The van der Waals surface area contributed by atoms with Crippen molar-refractivity contribution < 1.29 is 4.42 Å². The van der Waals surface area contributed by atoms with Gasteiger partial charge in [-0.3, -0.25) is 0 Å². The molecule has 2 aromatic rings.